The number of hydrogen-bond donors (Lipinski definition) is 1. The topological polar surface area (TPSA) is 68.6 Å². The fraction of sp³-hybridized carbons (Fsp3) is 0.417. The van der Waals surface area contributed by atoms with E-state index in [1.165, 1.54) is 12.1 Å². The summed E-state index contributed by atoms with van der Waals surface area (Å²) in [7, 11) is 0. The van der Waals surface area contributed by atoms with Crippen molar-refractivity contribution in [3.8, 4) is 6.07 Å². The number of halogens is 2. The quantitative estimate of drug-likeness (QED) is 0.715. The summed E-state index contributed by atoms with van der Waals surface area (Å²) >= 11 is 0. The second kappa shape index (κ2) is 10.2. The molecule has 2 aliphatic rings. The smallest absolute Gasteiger partial charge is 0.251 e. The lowest BCUT2D eigenvalue weighted by molar-refractivity contribution is -0.137. The molecule has 0 radical (unpaired) electrons. The maximum atomic E-state index is 13.9. The molecule has 168 valence electrons. The molecule has 1 N–H and O–H groups in total. The lowest BCUT2D eigenvalue weighted by Gasteiger charge is -2.46. The molecular formula is C24H26F2N4O2. The molecule has 8 heteroatoms. The summed E-state index contributed by atoms with van der Waals surface area (Å²) in [5.74, 6) is -1.20. The van der Waals surface area contributed by atoms with Crippen molar-refractivity contribution in [2.24, 2.45) is 0 Å². The minimum atomic E-state index is -0.555. The first-order valence-corrected chi connectivity index (χ1v) is 10.8. The molecule has 0 aromatic heterocycles. The van der Waals surface area contributed by atoms with Gasteiger partial charge < -0.3 is 10.1 Å². The summed E-state index contributed by atoms with van der Waals surface area (Å²) in [6, 6.07) is 12.4. The molecule has 0 aliphatic carbocycles. The average Bonchev–Trinajstić information content (AvgIpc) is 2.78. The molecule has 2 aliphatic heterocycles. The van der Waals surface area contributed by atoms with Crippen LogP contribution in [0.4, 0.5) is 8.78 Å². The Labute approximate surface area is 186 Å². The van der Waals surface area contributed by atoms with Gasteiger partial charge in [0.15, 0.2) is 0 Å². The molecule has 1 amide bonds. The standard InChI is InChI=1S/C24H26F2N4O2/c25-20-6-5-18(23(26)11-20)7-9-29-13-21-15-30(16-22(14-29)32-21)10-8-28-24(31)19-3-1-17(12-27)2-4-19/h1-6,11,21-22H,7-10,13-16H2,(H,28,31). The molecule has 0 spiro atoms. The van der Waals surface area contributed by atoms with E-state index in [-0.39, 0.29) is 18.1 Å². The Morgan fingerprint density at radius 3 is 2.31 bits per heavy atom. The highest BCUT2D eigenvalue weighted by atomic mass is 19.1. The van der Waals surface area contributed by atoms with Crippen LogP contribution >= 0.6 is 0 Å². The summed E-state index contributed by atoms with van der Waals surface area (Å²) in [5.41, 5.74) is 1.59. The predicted molar refractivity (Wildman–Crippen MR) is 115 cm³/mol. The van der Waals surface area contributed by atoms with E-state index in [0.29, 0.717) is 36.2 Å². The van der Waals surface area contributed by atoms with Crippen LogP contribution in [0.2, 0.25) is 0 Å². The van der Waals surface area contributed by atoms with E-state index in [4.69, 9.17) is 10.00 Å². The summed E-state index contributed by atoms with van der Waals surface area (Å²) in [4.78, 5) is 16.8. The number of nitriles is 1. The number of nitrogens with zero attached hydrogens (tertiary/aromatic N) is 3. The zero-order valence-electron chi connectivity index (χ0n) is 17.8. The van der Waals surface area contributed by atoms with Gasteiger partial charge in [0.05, 0.1) is 23.8 Å². The van der Waals surface area contributed by atoms with Crippen LogP contribution < -0.4 is 5.32 Å². The van der Waals surface area contributed by atoms with Crippen LogP contribution in [0.5, 0.6) is 0 Å². The summed E-state index contributed by atoms with van der Waals surface area (Å²) in [6.45, 7) is 5.08. The number of carbonyl (C=O) groups is 1. The van der Waals surface area contributed by atoms with Gasteiger partial charge in [-0.3, -0.25) is 14.6 Å². The highest BCUT2D eigenvalue weighted by Crippen LogP contribution is 2.20. The van der Waals surface area contributed by atoms with Gasteiger partial charge in [-0.15, -0.1) is 0 Å². The SMILES string of the molecule is N#Cc1ccc(C(=O)NCCN2CC3CN(CCc4ccc(F)cc4F)CC(C2)O3)cc1. The number of rotatable bonds is 7. The lowest BCUT2D eigenvalue weighted by Crippen LogP contribution is -2.60. The highest BCUT2D eigenvalue weighted by Gasteiger charge is 2.34. The third-order valence-electron chi connectivity index (χ3n) is 5.93. The minimum Gasteiger partial charge on any atom is -0.370 e. The summed E-state index contributed by atoms with van der Waals surface area (Å²) in [5, 5.41) is 11.8. The van der Waals surface area contributed by atoms with E-state index in [0.717, 1.165) is 38.8 Å². The van der Waals surface area contributed by atoms with Crippen molar-refractivity contribution < 1.29 is 18.3 Å². The molecule has 2 atom stereocenters. The number of hydrogen-bond acceptors (Lipinski definition) is 5. The van der Waals surface area contributed by atoms with Crippen LogP contribution in [0.1, 0.15) is 21.5 Å². The third kappa shape index (κ3) is 5.68. The first kappa shape index (κ1) is 22.3. The molecular weight excluding hydrogens is 414 g/mol. The van der Waals surface area contributed by atoms with E-state index in [9.17, 15) is 13.6 Å². The minimum absolute atomic E-state index is 0.0785. The van der Waals surface area contributed by atoms with E-state index >= 15 is 0 Å². The van der Waals surface area contributed by atoms with Gasteiger partial charge in [0.2, 0.25) is 0 Å². The van der Waals surface area contributed by atoms with Crippen molar-refractivity contribution in [2.75, 3.05) is 45.8 Å². The zero-order valence-corrected chi connectivity index (χ0v) is 17.8. The van der Waals surface area contributed by atoms with Crippen LogP contribution in [-0.4, -0.2) is 73.7 Å². The monoisotopic (exact) mass is 440 g/mol. The number of nitrogens with one attached hydrogen (secondary N) is 1. The van der Waals surface area contributed by atoms with Gasteiger partial charge in [-0.2, -0.15) is 5.26 Å². The number of ether oxygens (including phenoxy) is 1. The Morgan fingerprint density at radius 2 is 1.69 bits per heavy atom. The van der Waals surface area contributed by atoms with E-state index in [1.807, 2.05) is 6.07 Å². The number of fused-ring (bicyclic) bond motifs is 2. The van der Waals surface area contributed by atoms with Gasteiger partial charge in [0.25, 0.3) is 5.91 Å². The van der Waals surface area contributed by atoms with Crippen LogP contribution in [0, 0.1) is 23.0 Å². The number of benzene rings is 2. The number of carbonyl (C=O) groups excluding carboxylic acids is 1. The molecule has 0 saturated carbocycles. The van der Waals surface area contributed by atoms with Crippen LogP contribution in [0.15, 0.2) is 42.5 Å². The fourth-order valence-electron chi connectivity index (χ4n) is 4.35. The van der Waals surface area contributed by atoms with Crippen molar-refractivity contribution in [2.45, 2.75) is 18.6 Å². The lowest BCUT2D eigenvalue weighted by atomic mass is 10.1. The van der Waals surface area contributed by atoms with Crippen LogP contribution in [-0.2, 0) is 11.2 Å². The van der Waals surface area contributed by atoms with Crippen molar-refractivity contribution in [3.05, 3.63) is 70.8 Å². The van der Waals surface area contributed by atoms with Gasteiger partial charge >= 0.3 is 0 Å². The maximum Gasteiger partial charge on any atom is 0.251 e. The average molecular weight is 440 g/mol. The molecule has 4 rings (SSSR count). The van der Waals surface area contributed by atoms with E-state index in [2.05, 4.69) is 15.1 Å². The molecule has 2 heterocycles. The second-order valence-corrected chi connectivity index (χ2v) is 8.33. The Bertz CT molecular complexity index is 978. The molecule has 6 nitrogen and oxygen atoms in total. The van der Waals surface area contributed by atoms with Crippen molar-refractivity contribution >= 4 is 5.91 Å². The Hall–Kier alpha value is -2.86. The molecule has 2 aromatic rings. The third-order valence-corrected chi connectivity index (χ3v) is 5.93. The van der Waals surface area contributed by atoms with Gasteiger partial charge in [0, 0.05) is 57.4 Å². The van der Waals surface area contributed by atoms with Gasteiger partial charge in [-0.05, 0) is 42.3 Å². The number of amides is 1. The zero-order chi connectivity index (χ0) is 22.5. The normalized spacial score (nSPS) is 21.2. The van der Waals surface area contributed by atoms with Gasteiger partial charge in [0.1, 0.15) is 11.6 Å². The van der Waals surface area contributed by atoms with E-state index < -0.39 is 11.6 Å². The van der Waals surface area contributed by atoms with Gasteiger partial charge in [-0.25, -0.2) is 8.78 Å². The maximum absolute atomic E-state index is 13.9. The predicted octanol–water partition coefficient (Wildman–Crippen LogP) is 2.19. The Balaban J connectivity index is 1.20. The van der Waals surface area contributed by atoms with Crippen LogP contribution in [0.25, 0.3) is 0 Å². The molecule has 2 saturated heterocycles. The Kier molecular flexibility index (Phi) is 7.10. The summed E-state index contributed by atoms with van der Waals surface area (Å²) < 4.78 is 33.0. The Morgan fingerprint density at radius 1 is 1.03 bits per heavy atom. The van der Waals surface area contributed by atoms with Crippen molar-refractivity contribution in [1.82, 2.24) is 15.1 Å². The number of morpholine rings is 2. The highest BCUT2D eigenvalue weighted by molar-refractivity contribution is 5.94. The van der Waals surface area contributed by atoms with Crippen LogP contribution in [0.3, 0.4) is 0 Å². The molecule has 2 aromatic carbocycles. The van der Waals surface area contributed by atoms with Crippen molar-refractivity contribution in [1.29, 1.82) is 5.26 Å². The largest absolute Gasteiger partial charge is 0.370 e. The summed E-state index contributed by atoms with van der Waals surface area (Å²) in [6.07, 6.45) is 0.695. The second-order valence-electron chi connectivity index (χ2n) is 8.33. The van der Waals surface area contributed by atoms with Crippen molar-refractivity contribution in [3.63, 3.8) is 0 Å². The molecule has 2 unspecified atom stereocenters. The first-order chi connectivity index (χ1) is 15.5. The first-order valence-electron chi connectivity index (χ1n) is 10.8. The van der Waals surface area contributed by atoms with E-state index in [1.54, 1.807) is 24.3 Å². The molecule has 32 heavy (non-hydrogen) atoms. The van der Waals surface area contributed by atoms with Gasteiger partial charge in [-0.1, -0.05) is 6.07 Å². The molecule has 2 fully saturated rings. The fourth-order valence-corrected chi connectivity index (χ4v) is 4.35. The molecule has 2 bridgehead atoms.